The third-order valence-corrected chi connectivity index (χ3v) is 10.2. The molecule has 0 saturated heterocycles. The Labute approximate surface area is 193 Å². The van der Waals surface area contributed by atoms with Gasteiger partial charge in [0.25, 0.3) is 0 Å². The summed E-state index contributed by atoms with van der Waals surface area (Å²) in [7, 11) is -1.54. The molecular weight excluding hydrogens is 363 g/mol. The van der Waals surface area contributed by atoms with Gasteiger partial charge in [0.15, 0.2) is 8.32 Å². The average Bonchev–Trinajstić information content (AvgIpc) is 2.67. The van der Waals surface area contributed by atoms with Crippen molar-refractivity contribution in [3.63, 3.8) is 0 Å². The standard InChI is InChI=1S/C22H36OSi.C4H9.Li/c1-22(2,3)24(4,5)23-20-16-11-9-7-6-8-10-13-17-21-18-14-12-15-19-21;1-3-4-2;/h12,14-15,18-19H,6-11,16,20H2,1-5H3;1,3-4H2,2H3;. The molecule has 0 heterocycles. The van der Waals surface area contributed by atoms with E-state index in [4.69, 9.17) is 4.43 Å². The van der Waals surface area contributed by atoms with Crippen LogP contribution in [0.4, 0.5) is 0 Å². The number of hydrogen-bond acceptors (Lipinski definition) is 1. The second-order valence-electron chi connectivity index (χ2n) is 9.50. The van der Waals surface area contributed by atoms with Gasteiger partial charge in [-0.25, -0.2) is 0 Å². The molecule has 0 amide bonds. The Balaban J connectivity index is 0.00000139. The van der Waals surface area contributed by atoms with Crippen molar-refractivity contribution in [2.45, 2.75) is 109 Å². The number of rotatable bonds is 11. The summed E-state index contributed by atoms with van der Waals surface area (Å²) in [5, 5.41) is 1.67. The molecule has 0 bridgehead atoms. The molecule has 0 unspecified atom stereocenters. The fourth-order valence-corrected chi connectivity index (χ4v) is 3.69. The van der Waals surface area contributed by atoms with Crippen molar-refractivity contribution in [3.05, 3.63) is 35.9 Å². The first-order valence-electron chi connectivity index (χ1n) is 11.9. The van der Waals surface area contributed by atoms with Crippen molar-refractivity contribution in [3.8, 4) is 11.8 Å². The molecule has 160 valence electrons. The molecule has 0 atom stereocenters. The van der Waals surface area contributed by atoms with Gasteiger partial charge in [-0.05, 0) is 43.1 Å². The van der Waals surface area contributed by atoms with Crippen LogP contribution in [-0.4, -0.2) is 32.6 Å². The summed E-state index contributed by atoms with van der Waals surface area (Å²) in [6.07, 6.45) is 11.4. The molecule has 0 aliphatic rings. The van der Waals surface area contributed by atoms with Crippen LogP contribution in [0.2, 0.25) is 23.2 Å². The molecule has 0 fully saturated rings. The Morgan fingerprint density at radius 2 is 1.48 bits per heavy atom. The predicted octanol–water partition coefficient (Wildman–Crippen LogP) is 8.16. The molecule has 0 aliphatic heterocycles. The van der Waals surface area contributed by atoms with E-state index in [1.54, 1.807) is 0 Å². The molecule has 0 aromatic heterocycles. The number of hydrogen-bond donors (Lipinski definition) is 0. The average molecular weight is 409 g/mol. The molecule has 1 nitrogen and oxygen atoms in total. The van der Waals surface area contributed by atoms with E-state index < -0.39 is 8.32 Å². The SMILES string of the molecule is CC(C)(C)[Si](C)(C)OCCCCCCCCC#Cc1ccccc1.[Li][CH2]CCC. The van der Waals surface area contributed by atoms with Crippen LogP contribution in [0.3, 0.4) is 0 Å². The molecule has 0 saturated carbocycles. The van der Waals surface area contributed by atoms with E-state index in [9.17, 15) is 0 Å². The zero-order valence-corrected chi connectivity index (χ0v) is 21.6. The summed E-state index contributed by atoms with van der Waals surface area (Å²) in [6, 6.07) is 10.2. The van der Waals surface area contributed by atoms with Gasteiger partial charge in [0, 0.05) is 18.6 Å². The normalized spacial score (nSPS) is 11.3. The summed E-state index contributed by atoms with van der Waals surface area (Å²) >= 11 is 2.21. The molecule has 3 heteroatoms. The van der Waals surface area contributed by atoms with Crippen LogP contribution in [0.25, 0.3) is 0 Å². The predicted molar refractivity (Wildman–Crippen MR) is 134 cm³/mol. The Morgan fingerprint density at radius 1 is 0.897 bits per heavy atom. The summed E-state index contributed by atoms with van der Waals surface area (Å²) in [5.74, 6) is 6.51. The van der Waals surface area contributed by atoms with Gasteiger partial charge >= 0.3 is 42.6 Å². The fraction of sp³-hybridized carbons (Fsp3) is 0.692. The Morgan fingerprint density at radius 3 is 2.00 bits per heavy atom. The molecule has 1 rings (SSSR count). The molecular formula is C26H45LiOSi. The van der Waals surface area contributed by atoms with Crippen LogP contribution in [0.5, 0.6) is 0 Å². The maximum atomic E-state index is 6.22. The molecule has 1 aromatic carbocycles. The molecule has 0 spiro atoms. The van der Waals surface area contributed by atoms with Crippen LogP contribution in [-0.2, 0) is 4.43 Å². The molecule has 0 N–H and O–H groups in total. The maximum absolute atomic E-state index is 6.22. The van der Waals surface area contributed by atoms with Crippen molar-refractivity contribution in [1.29, 1.82) is 0 Å². The summed E-state index contributed by atoms with van der Waals surface area (Å²) in [5.41, 5.74) is 1.12. The van der Waals surface area contributed by atoms with Crippen molar-refractivity contribution in [2.24, 2.45) is 0 Å². The van der Waals surface area contributed by atoms with Crippen LogP contribution >= 0.6 is 0 Å². The van der Waals surface area contributed by atoms with Crippen LogP contribution in [0, 0.1) is 11.8 Å². The first-order chi connectivity index (χ1) is 13.7. The van der Waals surface area contributed by atoms with Gasteiger partial charge in [0.05, 0.1) is 0 Å². The molecule has 29 heavy (non-hydrogen) atoms. The number of benzene rings is 1. The number of unbranched alkanes of at least 4 members (excludes halogenated alkanes) is 7. The van der Waals surface area contributed by atoms with Crippen molar-refractivity contribution >= 4 is 26.0 Å². The van der Waals surface area contributed by atoms with Crippen molar-refractivity contribution < 1.29 is 4.43 Å². The van der Waals surface area contributed by atoms with E-state index in [0.717, 1.165) is 18.6 Å². The van der Waals surface area contributed by atoms with Crippen LogP contribution in [0.15, 0.2) is 30.3 Å². The minimum atomic E-state index is -1.54. The van der Waals surface area contributed by atoms with Crippen LogP contribution < -0.4 is 0 Å². The first-order valence-corrected chi connectivity index (χ1v) is 14.8. The zero-order chi connectivity index (χ0) is 22.0. The van der Waals surface area contributed by atoms with E-state index in [2.05, 4.69) is 82.5 Å². The second kappa shape index (κ2) is 17.3. The Kier molecular flexibility index (Phi) is 17.0. The van der Waals surface area contributed by atoms with Gasteiger partial charge in [-0.1, -0.05) is 76.5 Å². The van der Waals surface area contributed by atoms with Gasteiger partial charge < -0.3 is 4.43 Å². The van der Waals surface area contributed by atoms with Crippen molar-refractivity contribution in [1.82, 2.24) is 0 Å². The van der Waals surface area contributed by atoms with E-state index in [1.807, 2.05) is 18.2 Å². The van der Waals surface area contributed by atoms with Crippen molar-refractivity contribution in [2.75, 3.05) is 6.61 Å². The quantitative estimate of drug-likeness (QED) is 0.204. The van der Waals surface area contributed by atoms with Gasteiger partial charge in [-0.15, -0.1) is 0 Å². The van der Waals surface area contributed by atoms with E-state index in [1.165, 1.54) is 56.5 Å². The van der Waals surface area contributed by atoms with E-state index >= 15 is 0 Å². The third-order valence-electron chi connectivity index (χ3n) is 5.68. The Hall–Kier alpha value is -0.446. The van der Waals surface area contributed by atoms with Crippen LogP contribution in [0.1, 0.15) is 91.0 Å². The summed E-state index contributed by atoms with van der Waals surface area (Å²) in [6.45, 7) is 14.7. The van der Waals surface area contributed by atoms with Gasteiger partial charge in [0.1, 0.15) is 0 Å². The third kappa shape index (κ3) is 16.0. The zero-order valence-electron chi connectivity index (χ0n) is 20.6. The van der Waals surface area contributed by atoms with E-state index in [-0.39, 0.29) is 0 Å². The Bertz CT molecular complexity index is 550. The fourth-order valence-electron chi connectivity index (χ4n) is 2.61. The summed E-state index contributed by atoms with van der Waals surface area (Å²) in [4.78, 5) is 0. The monoisotopic (exact) mass is 408 g/mol. The van der Waals surface area contributed by atoms with Gasteiger partial charge in [-0.2, -0.15) is 0 Å². The second-order valence-corrected chi connectivity index (χ2v) is 14.3. The molecule has 0 aliphatic carbocycles. The first kappa shape index (κ1) is 28.6. The molecule has 0 radical (unpaired) electrons. The van der Waals surface area contributed by atoms with Gasteiger partial charge in [0.2, 0.25) is 0 Å². The topological polar surface area (TPSA) is 9.23 Å². The molecule has 1 aromatic rings. The van der Waals surface area contributed by atoms with E-state index in [0.29, 0.717) is 5.04 Å². The minimum absolute atomic E-state index is 0.327. The van der Waals surface area contributed by atoms with Gasteiger partial charge in [-0.3, -0.25) is 0 Å². The summed E-state index contributed by atoms with van der Waals surface area (Å²) < 4.78 is 6.22.